The number of pyridine rings is 2. The van der Waals surface area contributed by atoms with E-state index >= 15 is 0 Å². The lowest BCUT2D eigenvalue weighted by molar-refractivity contribution is 0.794. The summed E-state index contributed by atoms with van der Waals surface area (Å²) in [6.45, 7) is 4.55. The molecule has 5 nitrogen and oxygen atoms in total. The molecule has 0 atom stereocenters. The summed E-state index contributed by atoms with van der Waals surface area (Å²) in [5, 5.41) is 0. The molecule has 112 valence electrons. The van der Waals surface area contributed by atoms with Gasteiger partial charge in [0, 0.05) is 49.2 Å². The smallest absolute Gasteiger partial charge is 0.253 e. The zero-order valence-corrected chi connectivity index (χ0v) is 12.9. The van der Waals surface area contributed by atoms with Crippen LogP contribution in [0.4, 0.5) is 0 Å². The lowest BCUT2D eigenvalue weighted by atomic mass is 10.2. The number of imidazole rings is 1. The van der Waals surface area contributed by atoms with E-state index < -0.39 is 0 Å². The van der Waals surface area contributed by atoms with Crippen LogP contribution in [0.15, 0.2) is 47.9 Å². The largest absolute Gasteiger partial charge is 0.326 e. The van der Waals surface area contributed by atoms with Crippen LogP contribution in [0.2, 0.25) is 0 Å². The van der Waals surface area contributed by atoms with Gasteiger partial charge >= 0.3 is 0 Å². The van der Waals surface area contributed by atoms with E-state index in [0.29, 0.717) is 12.1 Å². The van der Waals surface area contributed by atoms with Gasteiger partial charge in [-0.2, -0.15) is 0 Å². The van der Waals surface area contributed by atoms with Crippen molar-refractivity contribution in [3.8, 4) is 11.4 Å². The fourth-order valence-electron chi connectivity index (χ4n) is 2.60. The van der Waals surface area contributed by atoms with Gasteiger partial charge in [-0.25, -0.2) is 4.98 Å². The highest BCUT2D eigenvalue weighted by molar-refractivity contribution is 5.55. The van der Waals surface area contributed by atoms with Gasteiger partial charge in [0.25, 0.3) is 5.56 Å². The summed E-state index contributed by atoms with van der Waals surface area (Å²) >= 11 is 0. The Kier molecular flexibility index (Phi) is 3.63. The van der Waals surface area contributed by atoms with E-state index in [2.05, 4.69) is 20.6 Å². The molecule has 0 fully saturated rings. The van der Waals surface area contributed by atoms with Crippen LogP contribution in [-0.2, 0) is 13.6 Å². The third-order valence-corrected chi connectivity index (χ3v) is 3.62. The maximum atomic E-state index is 11.8. The van der Waals surface area contributed by atoms with Gasteiger partial charge in [0.2, 0.25) is 0 Å². The Morgan fingerprint density at radius 2 is 2.00 bits per heavy atom. The van der Waals surface area contributed by atoms with Crippen molar-refractivity contribution in [1.82, 2.24) is 19.1 Å². The fraction of sp³-hybridized carbons (Fsp3) is 0.235. The molecule has 0 saturated heterocycles. The highest BCUT2D eigenvalue weighted by atomic mass is 16.1. The highest BCUT2D eigenvalue weighted by Gasteiger charge is 2.09. The van der Waals surface area contributed by atoms with Crippen molar-refractivity contribution in [2.45, 2.75) is 20.4 Å². The van der Waals surface area contributed by atoms with Crippen molar-refractivity contribution < 1.29 is 0 Å². The molecule has 0 radical (unpaired) electrons. The molecule has 3 aromatic heterocycles. The monoisotopic (exact) mass is 294 g/mol. The molecule has 0 aliphatic heterocycles. The molecule has 22 heavy (non-hydrogen) atoms. The third kappa shape index (κ3) is 2.70. The molecular weight excluding hydrogens is 276 g/mol. The molecule has 0 aliphatic rings. The summed E-state index contributed by atoms with van der Waals surface area (Å²) in [7, 11) is 1.76. The molecular formula is C17H18N4O. The predicted octanol–water partition coefficient (Wildman–Crippen LogP) is 2.31. The fourth-order valence-corrected chi connectivity index (χ4v) is 2.60. The van der Waals surface area contributed by atoms with Gasteiger partial charge in [-0.05, 0) is 31.0 Å². The van der Waals surface area contributed by atoms with E-state index in [1.165, 1.54) is 0 Å². The van der Waals surface area contributed by atoms with Crippen LogP contribution in [0.1, 0.15) is 16.7 Å². The minimum atomic E-state index is 0.0183. The molecule has 0 aliphatic carbocycles. The first kappa shape index (κ1) is 14.3. The van der Waals surface area contributed by atoms with Crippen molar-refractivity contribution in [3.05, 3.63) is 70.2 Å². The number of aromatic nitrogens is 4. The maximum absolute atomic E-state index is 11.8. The van der Waals surface area contributed by atoms with Crippen LogP contribution >= 0.6 is 0 Å². The summed E-state index contributed by atoms with van der Waals surface area (Å²) in [4.78, 5) is 20.5. The molecule has 0 aromatic carbocycles. The number of nitrogens with zero attached hydrogens (tertiary/aromatic N) is 4. The first-order valence-corrected chi connectivity index (χ1v) is 7.14. The maximum Gasteiger partial charge on any atom is 0.253 e. The summed E-state index contributed by atoms with van der Waals surface area (Å²) < 4.78 is 3.66. The van der Waals surface area contributed by atoms with Crippen molar-refractivity contribution in [3.63, 3.8) is 0 Å². The molecule has 5 heteroatoms. The van der Waals surface area contributed by atoms with Gasteiger partial charge in [0.05, 0.1) is 6.54 Å². The minimum absolute atomic E-state index is 0.0183. The van der Waals surface area contributed by atoms with Crippen molar-refractivity contribution in [1.29, 1.82) is 0 Å². The molecule has 0 unspecified atom stereocenters. The quantitative estimate of drug-likeness (QED) is 0.745. The molecule has 0 amide bonds. The van der Waals surface area contributed by atoms with Crippen LogP contribution < -0.4 is 5.56 Å². The van der Waals surface area contributed by atoms with Crippen molar-refractivity contribution in [2.75, 3.05) is 0 Å². The lowest BCUT2D eigenvalue weighted by Crippen LogP contribution is -2.18. The van der Waals surface area contributed by atoms with Crippen LogP contribution in [0, 0.1) is 13.8 Å². The van der Waals surface area contributed by atoms with Crippen molar-refractivity contribution >= 4 is 0 Å². The minimum Gasteiger partial charge on any atom is -0.326 e. The molecule has 0 saturated carbocycles. The Morgan fingerprint density at radius 1 is 1.18 bits per heavy atom. The van der Waals surface area contributed by atoms with Gasteiger partial charge in [-0.1, -0.05) is 6.07 Å². The van der Waals surface area contributed by atoms with Crippen LogP contribution in [-0.4, -0.2) is 19.1 Å². The molecule has 0 bridgehead atoms. The lowest BCUT2D eigenvalue weighted by Gasteiger charge is -2.10. The Balaban J connectivity index is 2.01. The van der Waals surface area contributed by atoms with Crippen molar-refractivity contribution in [2.24, 2.45) is 7.05 Å². The van der Waals surface area contributed by atoms with E-state index in [9.17, 15) is 4.79 Å². The zero-order valence-electron chi connectivity index (χ0n) is 12.9. The molecule has 0 spiro atoms. The van der Waals surface area contributed by atoms with Crippen LogP contribution in [0.5, 0.6) is 0 Å². The highest BCUT2D eigenvalue weighted by Crippen LogP contribution is 2.18. The molecule has 3 aromatic rings. The summed E-state index contributed by atoms with van der Waals surface area (Å²) in [6.07, 6.45) is 9.25. The SMILES string of the molecule is Cc1cncc(Cn2ccnc2-c2cc(C)c(=O)n(C)c2)c1. The topological polar surface area (TPSA) is 52.7 Å². The number of aryl methyl sites for hydroxylation is 3. The van der Waals surface area contributed by atoms with Crippen LogP contribution in [0.25, 0.3) is 11.4 Å². The van der Waals surface area contributed by atoms with E-state index in [4.69, 9.17) is 0 Å². The molecule has 0 N–H and O–H groups in total. The third-order valence-electron chi connectivity index (χ3n) is 3.62. The summed E-state index contributed by atoms with van der Waals surface area (Å²) in [5.74, 6) is 0.847. The molecule has 3 heterocycles. The number of rotatable bonds is 3. The predicted molar refractivity (Wildman–Crippen MR) is 85.7 cm³/mol. The van der Waals surface area contributed by atoms with E-state index in [-0.39, 0.29) is 5.56 Å². The van der Waals surface area contributed by atoms with Gasteiger partial charge in [0.15, 0.2) is 0 Å². The number of hydrogen-bond donors (Lipinski definition) is 0. The Hall–Kier alpha value is -2.69. The van der Waals surface area contributed by atoms with Crippen LogP contribution in [0.3, 0.4) is 0 Å². The van der Waals surface area contributed by atoms with Gasteiger partial charge < -0.3 is 9.13 Å². The molecule has 3 rings (SSSR count). The van der Waals surface area contributed by atoms with Gasteiger partial charge in [-0.15, -0.1) is 0 Å². The average Bonchev–Trinajstić information content (AvgIpc) is 2.92. The van der Waals surface area contributed by atoms with Gasteiger partial charge in [0.1, 0.15) is 5.82 Å². The zero-order chi connectivity index (χ0) is 15.7. The first-order chi connectivity index (χ1) is 10.5. The average molecular weight is 294 g/mol. The second kappa shape index (κ2) is 5.60. The second-order valence-corrected chi connectivity index (χ2v) is 5.58. The summed E-state index contributed by atoms with van der Waals surface area (Å²) in [5.41, 5.74) is 3.93. The van der Waals surface area contributed by atoms with Gasteiger partial charge in [-0.3, -0.25) is 9.78 Å². The van der Waals surface area contributed by atoms with E-state index in [1.807, 2.05) is 44.7 Å². The first-order valence-electron chi connectivity index (χ1n) is 7.14. The Labute approximate surface area is 128 Å². The van der Waals surface area contributed by atoms with E-state index in [1.54, 1.807) is 17.8 Å². The normalized spacial score (nSPS) is 10.9. The standard InChI is InChI=1S/C17H18N4O/c1-12-6-14(9-18-8-12)10-21-5-4-19-16(21)15-7-13(2)17(22)20(3)11-15/h4-9,11H,10H2,1-3H3. The Bertz CT molecular complexity index is 850. The number of hydrogen-bond acceptors (Lipinski definition) is 3. The second-order valence-electron chi connectivity index (χ2n) is 5.58. The van der Waals surface area contributed by atoms with E-state index in [0.717, 1.165) is 22.5 Å². The Morgan fingerprint density at radius 3 is 2.73 bits per heavy atom. The summed E-state index contributed by atoms with van der Waals surface area (Å²) in [6, 6.07) is 4.00.